The molecule has 6 heteroatoms. The molecular formula is C17H17NO5. The highest BCUT2D eigenvalue weighted by atomic mass is 16.5. The number of hydrogen-bond acceptors (Lipinski definition) is 4. The third-order valence-corrected chi connectivity index (χ3v) is 2.97. The van der Waals surface area contributed by atoms with Gasteiger partial charge in [-0.3, -0.25) is 4.79 Å². The number of amides is 1. The quantitative estimate of drug-likeness (QED) is 0.788. The molecule has 0 bridgehead atoms. The minimum Gasteiger partial charge on any atom is -0.507 e. The first kappa shape index (κ1) is 16.4. The Morgan fingerprint density at radius 2 is 1.74 bits per heavy atom. The third-order valence-electron chi connectivity index (χ3n) is 2.97. The van der Waals surface area contributed by atoms with Crippen LogP contribution in [0.5, 0.6) is 11.5 Å². The fraction of sp³-hybridized carbons (Fsp3) is 0.176. The number of rotatable bonds is 5. The molecule has 0 radical (unpaired) electrons. The molecule has 0 aliphatic rings. The standard InChI is InChI=1S/C17H17NO5/c1-10(2)23-13-6-3-11(4-7-13)16(20)18-12-5-8-14(17(21)22)15(19)9-12/h3-10,19H,1-2H3,(H,18,20)(H,21,22). The number of benzene rings is 2. The Balaban J connectivity index is 2.09. The predicted molar refractivity (Wildman–Crippen MR) is 85.2 cm³/mol. The molecule has 0 spiro atoms. The lowest BCUT2D eigenvalue weighted by Gasteiger charge is -2.10. The maximum Gasteiger partial charge on any atom is 0.339 e. The molecule has 2 rings (SSSR count). The summed E-state index contributed by atoms with van der Waals surface area (Å²) in [5.41, 5.74) is 0.501. The highest BCUT2D eigenvalue weighted by molar-refractivity contribution is 6.04. The van der Waals surface area contributed by atoms with Crippen molar-refractivity contribution in [2.75, 3.05) is 5.32 Å². The Hall–Kier alpha value is -3.02. The summed E-state index contributed by atoms with van der Waals surface area (Å²) in [5, 5.41) is 21.1. The summed E-state index contributed by atoms with van der Waals surface area (Å²) >= 11 is 0. The van der Waals surface area contributed by atoms with Crippen molar-refractivity contribution in [3.05, 3.63) is 53.6 Å². The smallest absolute Gasteiger partial charge is 0.339 e. The van der Waals surface area contributed by atoms with Crippen LogP contribution in [0.3, 0.4) is 0 Å². The molecule has 0 heterocycles. The van der Waals surface area contributed by atoms with Crippen molar-refractivity contribution >= 4 is 17.6 Å². The van der Waals surface area contributed by atoms with Crippen molar-refractivity contribution in [3.8, 4) is 11.5 Å². The van der Waals surface area contributed by atoms with E-state index >= 15 is 0 Å². The predicted octanol–water partition coefficient (Wildman–Crippen LogP) is 3.13. The summed E-state index contributed by atoms with van der Waals surface area (Å²) in [6.45, 7) is 3.82. The van der Waals surface area contributed by atoms with Crippen molar-refractivity contribution in [2.24, 2.45) is 0 Å². The number of hydrogen-bond donors (Lipinski definition) is 3. The summed E-state index contributed by atoms with van der Waals surface area (Å²) in [4.78, 5) is 23.0. The van der Waals surface area contributed by atoms with Crippen LogP contribution < -0.4 is 10.1 Å². The average molecular weight is 315 g/mol. The maximum atomic E-state index is 12.1. The van der Waals surface area contributed by atoms with Gasteiger partial charge in [0.25, 0.3) is 5.91 Å². The van der Waals surface area contributed by atoms with Gasteiger partial charge >= 0.3 is 5.97 Å². The number of phenols is 1. The minimum absolute atomic E-state index is 0.0467. The lowest BCUT2D eigenvalue weighted by molar-refractivity contribution is 0.0693. The molecule has 0 fully saturated rings. The summed E-state index contributed by atoms with van der Waals surface area (Å²) in [7, 11) is 0. The molecule has 0 aliphatic carbocycles. The first-order chi connectivity index (χ1) is 10.9. The second-order valence-electron chi connectivity index (χ2n) is 5.18. The molecule has 23 heavy (non-hydrogen) atoms. The number of nitrogens with one attached hydrogen (secondary N) is 1. The van der Waals surface area contributed by atoms with E-state index in [1.807, 2.05) is 13.8 Å². The molecule has 0 aliphatic heterocycles. The molecule has 2 aromatic carbocycles. The third kappa shape index (κ3) is 4.23. The van der Waals surface area contributed by atoms with Crippen molar-refractivity contribution in [1.29, 1.82) is 0 Å². The van der Waals surface area contributed by atoms with Crippen molar-refractivity contribution in [3.63, 3.8) is 0 Å². The highest BCUT2D eigenvalue weighted by Gasteiger charge is 2.12. The number of carbonyl (C=O) groups is 2. The Kier molecular flexibility index (Phi) is 4.85. The van der Waals surface area contributed by atoms with Gasteiger partial charge in [-0.05, 0) is 50.2 Å². The molecule has 1 amide bonds. The van der Waals surface area contributed by atoms with Gasteiger partial charge in [-0.15, -0.1) is 0 Å². The zero-order chi connectivity index (χ0) is 17.0. The van der Waals surface area contributed by atoms with Gasteiger partial charge in [-0.1, -0.05) is 0 Å². The number of ether oxygens (including phenoxy) is 1. The van der Waals surface area contributed by atoms with E-state index in [9.17, 15) is 14.7 Å². The second-order valence-corrected chi connectivity index (χ2v) is 5.18. The number of carboxylic acid groups (broad SMARTS) is 1. The molecule has 2 aromatic rings. The SMILES string of the molecule is CC(C)Oc1ccc(C(=O)Nc2ccc(C(=O)O)c(O)c2)cc1. The molecule has 6 nitrogen and oxygen atoms in total. The number of carbonyl (C=O) groups excluding carboxylic acids is 1. The lowest BCUT2D eigenvalue weighted by Crippen LogP contribution is -2.12. The van der Waals surface area contributed by atoms with Gasteiger partial charge in [0.1, 0.15) is 17.1 Å². The number of carboxylic acids is 1. The van der Waals surface area contributed by atoms with E-state index in [0.717, 1.165) is 0 Å². The molecule has 0 atom stereocenters. The Labute approximate surface area is 133 Å². The summed E-state index contributed by atoms with van der Waals surface area (Å²) in [5.74, 6) is -1.35. The van der Waals surface area contributed by atoms with Crippen molar-refractivity contribution in [1.82, 2.24) is 0 Å². The van der Waals surface area contributed by atoms with Crippen LogP contribution >= 0.6 is 0 Å². The van der Waals surface area contributed by atoms with Crippen molar-refractivity contribution < 1.29 is 24.5 Å². The normalized spacial score (nSPS) is 10.4. The summed E-state index contributed by atoms with van der Waals surface area (Å²) in [6.07, 6.45) is 0.0467. The summed E-state index contributed by atoms with van der Waals surface area (Å²) in [6, 6.07) is 10.5. The van der Waals surface area contributed by atoms with Gasteiger partial charge in [0.2, 0.25) is 0 Å². The zero-order valence-corrected chi connectivity index (χ0v) is 12.7. The van der Waals surface area contributed by atoms with Crippen LogP contribution in [0.25, 0.3) is 0 Å². The van der Waals surface area contributed by atoms with Crippen LogP contribution in [-0.4, -0.2) is 28.2 Å². The number of aromatic carboxylic acids is 1. The first-order valence-electron chi connectivity index (χ1n) is 7.01. The van der Waals surface area contributed by atoms with E-state index in [1.54, 1.807) is 24.3 Å². The zero-order valence-electron chi connectivity index (χ0n) is 12.7. The van der Waals surface area contributed by atoms with Gasteiger partial charge in [0.05, 0.1) is 6.10 Å². The van der Waals surface area contributed by atoms with Crippen LogP contribution in [0.15, 0.2) is 42.5 Å². The van der Waals surface area contributed by atoms with E-state index in [-0.39, 0.29) is 17.6 Å². The number of aromatic hydroxyl groups is 1. The molecule has 0 saturated carbocycles. The van der Waals surface area contributed by atoms with Crippen LogP contribution in [0.2, 0.25) is 0 Å². The van der Waals surface area contributed by atoms with Gasteiger partial charge in [0.15, 0.2) is 0 Å². The Morgan fingerprint density at radius 1 is 1.09 bits per heavy atom. The van der Waals surface area contributed by atoms with Gasteiger partial charge in [0, 0.05) is 17.3 Å². The van der Waals surface area contributed by atoms with Crippen LogP contribution in [0, 0.1) is 0 Å². The summed E-state index contributed by atoms with van der Waals surface area (Å²) < 4.78 is 5.50. The largest absolute Gasteiger partial charge is 0.507 e. The fourth-order valence-electron chi connectivity index (χ4n) is 1.95. The van der Waals surface area contributed by atoms with E-state index < -0.39 is 11.7 Å². The lowest BCUT2D eigenvalue weighted by atomic mass is 10.1. The molecule has 0 aromatic heterocycles. The van der Waals surface area contributed by atoms with Gasteiger partial charge in [-0.2, -0.15) is 0 Å². The maximum absolute atomic E-state index is 12.1. The molecule has 0 unspecified atom stereocenters. The van der Waals surface area contributed by atoms with Gasteiger partial charge in [-0.25, -0.2) is 4.79 Å². The highest BCUT2D eigenvalue weighted by Crippen LogP contribution is 2.22. The molecule has 120 valence electrons. The number of anilines is 1. The van der Waals surface area contributed by atoms with E-state index in [0.29, 0.717) is 17.0 Å². The van der Waals surface area contributed by atoms with Crippen LogP contribution in [0.1, 0.15) is 34.6 Å². The van der Waals surface area contributed by atoms with E-state index in [4.69, 9.17) is 9.84 Å². The van der Waals surface area contributed by atoms with Crippen LogP contribution in [0.4, 0.5) is 5.69 Å². The second kappa shape index (κ2) is 6.83. The average Bonchev–Trinajstić information content (AvgIpc) is 2.47. The Bertz CT molecular complexity index is 722. The van der Waals surface area contributed by atoms with Crippen LogP contribution in [-0.2, 0) is 0 Å². The monoisotopic (exact) mass is 315 g/mol. The van der Waals surface area contributed by atoms with Gasteiger partial charge < -0.3 is 20.3 Å². The molecule has 3 N–H and O–H groups in total. The molecule has 0 saturated heterocycles. The van der Waals surface area contributed by atoms with Crippen molar-refractivity contribution in [2.45, 2.75) is 20.0 Å². The van der Waals surface area contributed by atoms with E-state index in [2.05, 4.69) is 5.32 Å². The van der Waals surface area contributed by atoms with E-state index in [1.165, 1.54) is 18.2 Å². The topological polar surface area (TPSA) is 95.9 Å². The first-order valence-corrected chi connectivity index (χ1v) is 7.01. The molecular weight excluding hydrogens is 298 g/mol. The fourth-order valence-corrected chi connectivity index (χ4v) is 1.95. The Morgan fingerprint density at radius 3 is 2.26 bits per heavy atom. The minimum atomic E-state index is -1.24.